The van der Waals surface area contributed by atoms with Gasteiger partial charge in [-0.1, -0.05) is 6.92 Å². The minimum Gasteiger partial charge on any atom is -0.481 e. The zero-order valence-corrected chi connectivity index (χ0v) is 11.2. The lowest BCUT2D eigenvalue weighted by molar-refractivity contribution is -0.137. The van der Waals surface area contributed by atoms with Crippen molar-refractivity contribution in [2.45, 2.75) is 51.3 Å². The number of carboxylic acid groups (broad SMARTS) is 1. The number of nitrogens with zero attached hydrogens (tertiary/aromatic N) is 1. The number of carboxylic acids is 1. The first-order valence-electron chi connectivity index (χ1n) is 6.32. The number of urea groups is 1. The smallest absolute Gasteiger partial charge is 0.317 e. The molecule has 0 aromatic carbocycles. The maximum atomic E-state index is 12.0. The third-order valence-corrected chi connectivity index (χ3v) is 3.40. The fourth-order valence-corrected chi connectivity index (χ4v) is 2.16. The predicted octanol–water partition coefficient (Wildman–Crippen LogP) is 1.06. The van der Waals surface area contributed by atoms with E-state index in [4.69, 9.17) is 9.84 Å². The molecule has 0 bridgehead atoms. The van der Waals surface area contributed by atoms with Crippen molar-refractivity contribution < 1.29 is 19.4 Å². The normalized spacial score (nSPS) is 24.6. The van der Waals surface area contributed by atoms with Gasteiger partial charge in [-0.15, -0.1) is 0 Å². The minimum atomic E-state index is -0.901. The number of ether oxygens (including phenoxy) is 1. The Morgan fingerprint density at radius 1 is 1.56 bits per heavy atom. The molecule has 2 N–H and O–H groups in total. The lowest BCUT2D eigenvalue weighted by Gasteiger charge is -2.28. The first kappa shape index (κ1) is 14.8. The van der Waals surface area contributed by atoms with Crippen molar-refractivity contribution in [3.8, 4) is 0 Å². The van der Waals surface area contributed by atoms with Crippen molar-refractivity contribution in [2.75, 3.05) is 13.7 Å². The number of amides is 2. The van der Waals surface area contributed by atoms with Crippen LogP contribution in [0.3, 0.4) is 0 Å². The Hall–Kier alpha value is -1.30. The molecule has 3 atom stereocenters. The summed E-state index contributed by atoms with van der Waals surface area (Å²) in [4.78, 5) is 24.2. The molecule has 1 aliphatic rings. The van der Waals surface area contributed by atoms with Crippen LogP contribution in [0.4, 0.5) is 4.79 Å². The summed E-state index contributed by atoms with van der Waals surface area (Å²) in [6.45, 7) is 4.46. The molecule has 0 saturated carbocycles. The van der Waals surface area contributed by atoms with E-state index >= 15 is 0 Å². The average molecular weight is 258 g/mol. The van der Waals surface area contributed by atoms with E-state index in [-0.39, 0.29) is 30.6 Å². The summed E-state index contributed by atoms with van der Waals surface area (Å²) < 4.78 is 5.42. The van der Waals surface area contributed by atoms with Gasteiger partial charge in [-0.2, -0.15) is 0 Å². The van der Waals surface area contributed by atoms with E-state index in [1.807, 2.05) is 13.8 Å². The molecule has 104 valence electrons. The first-order valence-corrected chi connectivity index (χ1v) is 6.32. The molecule has 18 heavy (non-hydrogen) atoms. The lowest BCUT2D eigenvalue weighted by Crippen LogP contribution is -2.49. The maximum absolute atomic E-state index is 12.0. The molecule has 1 heterocycles. The van der Waals surface area contributed by atoms with Gasteiger partial charge in [0.25, 0.3) is 0 Å². The van der Waals surface area contributed by atoms with Crippen molar-refractivity contribution >= 4 is 12.0 Å². The molecule has 0 aromatic rings. The van der Waals surface area contributed by atoms with E-state index in [1.165, 1.54) is 0 Å². The van der Waals surface area contributed by atoms with Gasteiger partial charge in [-0.3, -0.25) is 4.79 Å². The predicted molar refractivity (Wildman–Crippen MR) is 66.4 cm³/mol. The van der Waals surface area contributed by atoms with Crippen LogP contribution in [0.5, 0.6) is 0 Å². The van der Waals surface area contributed by atoms with Crippen molar-refractivity contribution in [1.29, 1.82) is 0 Å². The molecule has 0 radical (unpaired) electrons. The molecule has 2 amide bonds. The standard InChI is InChI=1S/C12H22N2O4/c1-4-9(7-11(15)16)13-12(17)14(3)10-5-6-18-8(10)2/h8-10H,4-7H2,1-3H3,(H,13,17)(H,15,16). The summed E-state index contributed by atoms with van der Waals surface area (Å²) in [6, 6.07) is -0.493. The molecule has 3 unspecified atom stereocenters. The maximum Gasteiger partial charge on any atom is 0.317 e. The molecule has 1 aliphatic heterocycles. The van der Waals surface area contributed by atoms with E-state index in [0.29, 0.717) is 13.0 Å². The Morgan fingerprint density at radius 2 is 2.22 bits per heavy atom. The quantitative estimate of drug-likeness (QED) is 0.772. The van der Waals surface area contributed by atoms with E-state index < -0.39 is 5.97 Å². The van der Waals surface area contributed by atoms with Gasteiger partial charge in [0.05, 0.1) is 18.6 Å². The van der Waals surface area contributed by atoms with Gasteiger partial charge in [-0.25, -0.2) is 4.79 Å². The minimum absolute atomic E-state index is 0.0281. The third kappa shape index (κ3) is 3.87. The highest BCUT2D eigenvalue weighted by Crippen LogP contribution is 2.18. The highest BCUT2D eigenvalue weighted by Gasteiger charge is 2.31. The number of likely N-dealkylation sites (N-methyl/N-ethyl adjacent to an activating group) is 1. The highest BCUT2D eigenvalue weighted by atomic mass is 16.5. The van der Waals surface area contributed by atoms with Crippen LogP contribution in [0, 0.1) is 0 Å². The number of nitrogens with one attached hydrogen (secondary N) is 1. The molecule has 1 fully saturated rings. The summed E-state index contributed by atoms with van der Waals surface area (Å²) in [6.07, 6.45) is 1.40. The number of hydrogen-bond donors (Lipinski definition) is 2. The zero-order valence-electron chi connectivity index (χ0n) is 11.2. The summed E-state index contributed by atoms with van der Waals surface area (Å²) in [5.74, 6) is -0.901. The number of rotatable bonds is 5. The Balaban J connectivity index is 2.50. The molecule has 1 rings (SSSR count). The molecule has 0 aliphatic carbocycles. The second-order valence-electron chi connectivity index (χ2n) is 4.70. The van der Waals surface area contributed by atoms with Gasteiger partial charge in [-0.05, 0) is 19.8 Å². The molecular weight excluding hydrogens is 236 g/mol. The molecule has 1 saturated heterocycles. The zero-order chi connectivity index (χ0) is 13.7. The van der Waals surface area contributed by atoms with Gasteiger partial charge in [0.1, 0.15) is 0 Å². The largest absolute Gasteiger partial charge is 0.481 e. The molecule has 6 nitrogen and oxygen atoms in total. The van der Waals surface area contributed by atoms with Crippen LogP contribution >= 0.6 is 0 Å². The number of carbonyl (C=O) groups is 2. The second-order valence-corrected chi connectivity index (χ2v) is 4.70. The summed E-state index contributed by atoms with van der Waals surface area (Å²) >= 11 is 0. The van der Waals surface area contributed by atoms with Crippen LogP contribution in [-0.4, -0.2) is 53.8 Å². The summed E-state index contributed by atoms with van der Waals surface area (Å²) in [7, 11) is 1.72. The third-order valence-electron chi connectivity index (χ3n) is 3.40. The van der Waals surface area contributed by atoms with Gasteiger partial charge < -0.3 is 20.1 Å². The van der Waals surface area contributed by atoms with E-state index in [2.05, 4.69) is 5.32 Å². The van der Waals surface area contributed by atoms with Crippen molar-refractivity contribution in [3.05, 3.63) is 0 Å². The van der Waals surface area contributed by atoms with Crippen LogP contribution in [-0.2, 0) is 9.53 Å². The lowest BCUT2D eigenvalue weighted by atomic mass is 10.1. The van der Waals surface area contributed by atoms with Crippen LogP contribution in [0.15, 0.2) is 0 Å². The van der Waals surface area contributed by atoms with Gasteiger partial charge in [0.2, 0.25) is 0 Å². The van der Waals surface area contributed by atoms with E-state index in [0.717, 1.165) is 6.42 Å². The summed E-state index contributed by atoms with van der Waals surface area (Å²) in [5, 5.41) is 11.5. The average Bonchev–Trinajstić information content (AvgIpc) is 2.72. The molecule has 0 aromatic heterocycles. The SMILES string of the molecule is CCC(CC(=O)O)NC(=O)N(C)C1CCOC1C. The number of aliphatic carboxylic acids is 1. The highest BCUT2D eigenvalue weighted by molar-refractivity contribution is 5.76. The van der Waals surface area contributed by atoms with Crippen molar-refractivity contribution in [3.63, 3.8) is 0 Å². The van der Waals surface area contributed by atoms with Crippen LogP contribution in [0.1, 0.15) is 33.1 Å². The van der Waals surface area contributed by atoms with Crippen molar-refractivity contribution in [1.82, 2.24) is 10.2 Å². The van der Waals surface area contributed by atoms with Gasteiger partial charge >= 0.3 is 12.0 Å². The fourth-order valence-electron chi connectivity index (χ4n) is 2.16. The Morgan fingerprint density at radius 3 is 2.67 bits per heavy atom. The molecule has 0 spiro atoms. The van der Waals surface area contributed by atoms with Gasteiger partial charge in [0.15, 0.2) is 0 Å². The second kappa shape index (κ2) is 6.58. The van der Waals surface area contributed by atoms with E-state index in [9.17, 15) is 9.59 Å². The number of hydrogen-bond acceptors (Lipinski definition) is 3. The Bertz CT molecular complexity index is 308. The van der Waals surface area contributed by atoms with Gasteiger partial charge in [0, 0.05) is 19.7 Å². The molecular formula is C12H22N2O4. The monoisotopic (exact) mass is 258 g/mol. The van der Waals surface area contributed by atoms with Crippen LogP contribution < -0.4 is 5.32 Å². The Labute approximate surface area is 107 Å². The first-order chi connectivity index (χ1) is 8.45. The fraction of sp³-hybridized carbons (Fsp3) is 0.833. The Kier molecular flexibility index (Phi) is 5.40. The van der Waals surface area contributed by atoms with Crippen LogP contribution in [0.25, 0.3) is 0 Å². The van der Waals surface area contributed by atoms with E-state index in [1.54, 1.807) is 11.9 Å². The van der Waals surface area contributed by atoms with Crippen LogP contribution in [0.2, 0.25) is 0 Å². The van der Waals surface area contributed by atoms with Crippen molar-refractivity contribution in [2.24, 2.45) is 0 Å². The molecule has 6 heteroatoms. The summed E-state index contributed by atoms with van der Waals surface area (Å²) in [5.41, 5.74) is 0. The topological polar surface area (TPSA) is 78.9 Å². The number of carbonyl (C=O) groups excluding carboxylic acids is 1.